The number of nitrogens with zero attached hydrogens (tertiary/aromatic N) is 3. The van der Waals surface area contributed by atoms with Crippen LogP contribution in [-0.4, -0.2) is 19.9 Å². The van der Waals surface area contributed by atoms with Crippen LogP contribution in [0.4, 0.5) is 4.39 Å². The van der Waals surface area contributed by atoms with Gasteiger partial charge in [0.05, 0.1) is 23.6 Å². The van der Waals surface area contributed by atoms with E-state index in [9.17, 15) is 4.39 Å². The number of aryl methyl sites for hydroxylation is 1. The lowest BCUT2D eigenvalue weighted by Crippen LogP contribution is -1.87. The molecular weight excluding hydrogens is 315 g/mol. The zero-order valence-corrected chi connectivity index (χ0v) is 15.3. The summed E-state index contributed by atoms with van der Waals surface area (Å²) < 4.78 is 13.8. The lowest BCUT2D eigenvalue weighted by Gasteiger charge is -2.01. The quantitative estimate of drug-likeness (QED) is 0.486. The highest BCUT2D eigenvalue weighted by molar-refractivity contribution is 6.08. The molecule has 0 aliphatic rings. The molecule has 4 nitrogen and oxygen atoms in total. The number of hydrogen-bond acceptors (Lipinski definition) is 3. The molecule has 0 aromatic carbocycles. The highest BCUT2D eigenvalue weighted by Gasteiger charge is 2.12. The number of hydrogen-bond donors (Lipinski definition) is 1. The van der Waals surface area contributed by atoms with Crippen molar-refractivity contribution in [3.05, 3.63) is 54.4 Å². The van der Waals surface area contributed by atoms with Crippen molar-refractivity contribution in [2.75, 3.05) is 0 Å². The average molecular weight is 338 g/mol. The molecule has 4 aromatic rings. The van der Waals surface area contributed by atoms with Crippen LogP contribution < -0.4 is 0 Å². The van der Waals surface area contributed by atoms with E-state index in [2.05, 4.69) is 19.9 Å². The molecule has 0 unspecified atom stereocenters. The second-order valence-corrected chi connectivity index (χ2v) is 4.94. The molecule has 0 aliphatic carbocycles. The third-order valence-corrected chi connectivity index (χ3v) is 3.66. The van der Waals surface area contributed by atoms with Gasteiger partial charge in [0.15, 0.2) is 0 Å². The van der Waals surface area contributed by atoms with E-state index in [0.717, 1.165) is 27.5 Å². The van der Waals surface area contributed by atoms with Crippen molar-refractivity contribution in [2.45, 2.75) is 34.6 Å². The molecule has 1 N–H and O–H groups in total. The lowest BCUT2D eigenvalue weighted by molar-refractivity contribution is 0.615. The number of H-pyrrole nitrogens is 1. The Hall–Kier alpha value is -2.82. The van der Waals surface area contributed by atoms with Gasteiger partial charge in [-0.15, -0.1) is 0 Å². The van der Waals surface area contributed by atoms with E-state index in [1.807, 2.05) is 45.9 Å². The van der Waals surface area contributed by atoms with Gasteiger partial charge in [-0.25, -0.2) is 9.37 Å². The van der Waals surface area contributed by atoms with Crippen LogP contribution >= 0.6 is 0 Å². The minimum Gasteiger partial charge on any atom is -0.338 e. The first-order chi connectivity index (χ1) is 12.2. The van der Waals surface area contributed by atoms with Crippen molar-refractivity contribution in [1.29, 1.82) is 0 Å². The van der Waals surface area contributed by atoms with Gasteiger partial charge in [0.25, 0.3) is 0 Å². The van der Waals surface area contributed by atoms with Crippen LogP contribution in [0.15, 0.2) is 43.0 Å². The molecule has 0 spiro atoms. The van der Waals surface area contributed by atoms with Crippen LogP contribution in [0, 0.1) is 12.7 Å². The van der Waals surface area contributed by atoms with Gasteiger partial charge in [0, 0.05) is 28.7 Å². The summed E-state index contributed by atoms with van der Waals surface area (Å²) in [6.07, 6.45) is 6.46. The molecule has 4 aromatic heterocycles. The maximum Gasteiger partial charge on any atom is 0.145 e. The molecule has 0 saturated carbocycles. The van der Waals surface area contributed by atoms with Crippen molar-refractivity contribution in [1.82, 2.24) is 19.9 Å². The van der Waals surface area contributed by atoms with Gasteiger partial charge in [-0.2, -0.15) is 0 Å². The van der Waals surface area contributed by atoms with Crippen molar-refractivity contribution in [3.63, 3.8) is 0 Å². The molecule has 130 valence electrons. The Morgan fingerprint density at radius 3 is 2.44 bits per heavy atom. The van der Waals surface area contributed by atoms with E-state index in [0.29, 0.717) is 11.2 Å². The summed E-state index contributed by atoms with van der Waals surface area (Å²) >= 11 is 0. The van der Waals surface area contributed by atoms with Crippen molar-refractivity contribution < 1.29 is 4.39 Å². The summed E-state index contributed by atoms with van der Waals surface area (Å²) in [7, 11) is 0. The molecule has 0 bridgehead atoms. The SMILES string of the molecule is CC.CC.Cc1c(F)cnc2[nH]c3cnc(-c4cccnc4)cc3c12. The van der Waals surface area contributed by atoms with Gasteiger partial charge < -0.3 is 4.98 Å². The Kier molecular flexibility index (Phi) is 6.17. The number of fused-ring (bicyclic) bond motifs is 3. The number of rotatable bonds is 1. The van der Waals surface area contributed by atoms with Crippen LogP contribution in [-0.2, 0) is 0 Å². The minimum absolute atomic E-state index is 0.303. The van der Waals surface area contributed by atoms with Crippen molar-refractivity contribution in [2.24, 2.45) is 0 Å². The van der Waals surface area contributed by atoms with Crippen LogP contribution in [0.1, 0.15) is 33.3 Å². The highest BCUT2D eigenvalue weighted by atomic mass is 19.1. The smallest absolute Gasteiger partial charge is 0.145 e. The Morgan fingerprint density at radius 2 is 1.76 bits per heavy atom. The number of nitrogens with one attached hydrogen (secondary N) is 1. The second kappa shape index (κ2) is 8.33. The molecule has 5 heteroatoms. The largest absolute Gasteiger partial charge is 0.338 e. The fraction of sp³-hybridized carbons (Fsp3) is 0.250. The Balaban J connectivity index is 0.000000528. The van der Waals surface area contributed by atoms with Crippen molar-refractivity contribution >= 4 is 21.9 Å². The van der Waals surface area contributed by atoms with E-state index in [1.54, 1.807) is 25.5 Å². The zero-order valence-electron chi connectivity index (χ0n) is 15.3. The summed E-state index contributed by atoms with van der Waals surface area (Å²) in [4.78, 5) is 15.8. The van der Waals surface area contributed by atoms with Crippen molar-refractivity contribution in [3.8, 4) is 11.3 Å². The Bertz CT molecular complexity index is 962. The Morgan fingerprint density at radius 1 is 1.00 bits per heavy atom. The van der Waals surface area contributed by atoms with Gasteiger partial charge in [-0.05, 0) is 30.7 Å². The van der Waals surface area contributed by atoms with Gasteiger partial charge in [0.1, 0.15) is 11.5 Å². The maximum atomic E-state index is 13.8. The topological polar surface area (TPSA) is 54.5 Å². The summed E-state index contributed by atoms with van der Waals surface area (Å²) in [6, 6.07) is 5.75. The second-order valence-electron chi connectivity index (χ2n) is 4.94. The van der Waals surface area contributed by atoms with Crippen LogP contribution in [0.3, 0.4) is 0 Å². The maximum absolute atomic E-state index is 13.8. The highest BCUT2D eigenvalue weighted by Crippen LogP contribution is 2.30. The zero-order chi connectivity index (χ0) is 18.4. The number of pyridine rings is 3. The third kappa shape index (κ3) is 3.50. The summed E-state index contributed by atoms with van der Waals surface area (Å²) in [5, 5.41) is 1.72. The van der Waals surface area contributed by atoms with Gasteiger partial charge in [-0.3, -0.25) is 9.97 Å². The van der Waals surface area contributed by atoms with Gasteiger partial charge in [-0.1, -0.05) is 27.7 Å². The van der Waals surface area contributed by atoms with Crippen LogP contribution in [0.2, 0.25) is 0 Å². The fourth-order valence-corrected chi connectivity index (χ4v) is 2.57. The fourth-order valence-electron chi connectivity index (χ4n) is 2.57. The van der Waals surface area contributed by atoms with Crippen LogP contribution in [0.5, 0.6) is 0 Å². The molecule has 4 heterocycles. The molecular formula is C20H23FN4. The first-order valence-electron chi connectivity index (χ1n) is 8.57. The molecule has 0 fully saturated rings. The lowest BCUT2D eigenvalue weighted by atomic mass is 10.1. The normalized spacial score (nSPS) is 10.0. The molecule has 0 radical (unpaired) electrons. The molecule has 4 rings (SSSR count). The Labute approximate surface area is 147 Å². The monoisotopic (exact) mass is 338 g/mol. The number of aromatic nitrogens is 4. The molecule has 0 amide bonds. The summed E-state index contributed by atoms with van der Waals surface area (Å²) in [6.45, 7) is 9.76. The first-order valence-corrected chi connectivity index (χ1v) is 8.57. The van der Waals surface area contributed by atoms with E-state index in [-0.39, 0.29) is 5.82 Å². The van der Waals surface area contributed by atoms with E-state index >= 15 is 0 Å². The number of aromatic amines is 1. The first kappa shape index (κ1) is 18.5. The molecule has 0 aliphatic heterocycles. The molecule has 0 saturated heterocycles. The van der Waals surface area contributed by atoms with E-state index in [1.165, 1.54) is 6.20 Å². The number of halogens is 1. The standard InChI is InChI=1S/C16H11FN4.2C2H6/c1-9-12(17)7-20-16-15(9)11-5-13(19-8-14(11)21-16)10-3-2-4-18-6-10;2*1-2/h2-8H,1H3,(H,20,21);2*1-2H3. The van der Waals surface area contributed by atoms with Crippen LogP contribution in [0.25, 0.3) is 33.2 Å². The predicted molar refractivity (Wildman–Crippen MR) is 102 cm³/mol. The summed E-state index contributed by atoms with van der Waals surface area (Å²) in [5.74, 6) is -0.303. The molecule has 0 atom stereocenters. The molecule has 25 heavy (non-hydrogen) atoms. The van der Waals surface area contributed by atoms with Gasteiger partial charge >= 0.3 is 0 Å². The summed E-state index contributed by atoms with van der Waals surface area (Å²) in [5.41, 5.74) is 3.85. The average Bonchev–Trinajstić information content (AvgIpc) is 3.07. The minimum atomic E-state index is -0.303. The third-order valence-electron chi connectivity index (χ3n) is 3.66. The predicted octanol–water partition coefficient (Wildman–Crippen LogP) is 5.67. The van der Waals surface area contributed by atoms with E-state index < -0.39 is 0 Å². The van der Waals surface area contributed by atoms with E-state index in [4.69, 9.17) is 0 Å². The van der Waals surface area contributed by atoms with Gasteiger partial charge in [0.2, 0.25) is 0 Å².